The van der Waals surface area contributed by atoms with Gasteiger partial charge in [-0.15, -0.1) is 0 Å². The Balaban J connectivity index is 2.48. The van der Waals surface area contributed by atoms with E-state index in [0.717, 1.165) is 0 Å². The Kier molecular flexibility index (Phi) is 5.20. The molecule has 2 unspecified atom stereocenters. The van der Waals surface area contributed by atoms with E-state index in [-0.39, 0.29) is 18.8 Å². The van der Waals surface area contributed by atoms with E-state index >= 15 is 0 Å². The summed E-state index contributed by atoms with van der Waals surface area (Å²) in [5.74, 6) is -0.469. The van der Waals surface area contributed by atoms with Crippen molar-refractivity contribution in [1.29, 1.82) is 0 Å². The Morgan fingerprint density at radius 2 is 2.16 bits per heavy atom. The summed E-state index contributed by atoms with van der Waals surface area (Å²) in [6.07, 6.45) is -4.16. The zero-order chi connectivity index (χ0) is 14.7. The molecule has 19 heavy (non-hydrogen) atoms. The van der Waals surface area contributed by atoms with Crippen LogP contribution in [0, 0.1) is 0 Å². The minimum Gasteiger partial charge on any atom is -0.378 e. The fraction of sp³-hybridized carbons (Fsp3) is 0.917. The molecule has 0 saturated heterocycles. The van der Waals surface area contributed by atoms with Crippen molar-refractivity contribution >= 4 is 5.91 Å². The number of primary amides is 1. The first kappa shape index (κ1) is 16.2. The van der Waals surface area contributed by atoms with Gasteiger partial charge in [0.2, 0.25) is 5.91 Å². The molecule has 4 nitrogen and oxygen atoms in total. The third-order valence-electron chi connectivity index (χ3n) is 3.24. The first-order chi connectivity index (χ1) is 8.65. The number of carbonyl (C=O) groups is 1. The minimum absolute atomic E-state index is 0.0708. The SMILES string of the molecule is CC(C)NC1(C(N)=O)CCC(OCCC(F)(F)F)C1. The van der Waals surface area contributed by atoms with Gasteiger partial charge in [0.05, 0.1) is 19.1 Å². The molecule has 2 atom stereocenters. The van der Waals surface area contributed by atoms with Crippen molar-refractivity contribution in [2.45, 2.75) is 63.4 Å². The average molecular weight is 282 g/mol. The summed E-state index contributed by atoms with van der Waals surface area (Å²) in [5, 5.41) is 3.11. The quantitative estimate of drug-likeness (QED) is 0.780. The van der Waals surface area contributed by atoms with Crippen molar-refractivity contribution in [2.24, 2.45) is 5.73 Å². The Labute approximate surface area is 110 Å². The third-order valence-corrected chi connectivity index (χ3v) is 3.24. The highest BCUT2D eigenvalue weighted by atomic mass is 19.4. The van der Waals surface area contributed by atoms with Crippen molar-refractivity contribution in [3.05, 3.63) is 0 Å². The molecule has 1 saturated carbocycles. The number of hydrogen-bond donors (Lipinski definition) is 2. The second-order valence-corrected chi connectivity index (χ2v) is 5.35. The van der Waals surface area contributed by atoms with E-state index in [2.05, 4.69) is 5.32 Å². The van der Waals surface area contributed by atoms with Gasteiger partial charge in [0.25, 0.3) is 0 Å². The smallest absolute Gasteiger partial charge is 0.378 e. The Morgan fingerprint density at radius 3 is 2.63 bits per heavy atom. The van der Waals surface area contributed by atoms with Crippen LogP contribution < -0.4 is 11.1 Å². The topological polar surface area (TPSA) is 64.3 Å². The molecule has 1 aliphatic rings. The highest BCUT2D eigenvalue weighted by Gasteiger charge is 2.44. The van der Waals surface area contributed by atoms with Crippen LogP contribution in [0.25, 0.3) is 0 Å². The van der Waals surface area contributed by atoms with Gasteiger partial charge in [-0.25, -0.2) is 0 Å². The van der Waals surface area contributed by atoms with Crippen LogP contribution in [0.1, 0.15) is 39.5 Å². The van der Waals surface area contributed by atoms with E-state index in [1.54, 1.807) is 0 Å². The summed E-state index contributed by atoms with van der Waals surface area (Å²) >= 11 is 0. The van der Waals surface area contributed by atoms with E-state index < -0.39 is 24.0 Å². The number of carbonyl (C=O) groups excluding carboxylic acids is 1. The summed E-state index contributed by atoms with van der Waals surface area (Å²) in [6, 6.07) is 0.0708. The molecule has 1 fully saturated rings. The molecule has 0 aromatic carbocycles. The van der Waals surface area contributed by atoms with Crippen LogP contribution in [-0.4, -0.2) is 36.4 Å². The van der Waals surface area contributed by atoms with Gasteiger partial charge < -0.3 is 15.8 Å². The van der Waals surface area contributed by atoms with Crippen molar-refractivity contribution in [3.8, 4) is 0 Å². The standard InChI is InChI=1S/C12H21F3N2O2/c1-8(2)17-11(10(16)18)4-3-9(7-11)19-6-5-12(13,14)15/h8-9,17H,3-7H2,1-2H3,(H2,16,18). The highest BCUT2D eigenvalue weighted by molar-refractivity contribution is 5.85. The van der Waals surface area contributed by atoms with Crippen LogP contribution in [0.2, 0.25) is 0 Å². The third kappa shape index (κ3) is 4.99. The molecule has 0 radical (unpaired) electrons. The number of ether oxygens (including phenoxy) is 1. The van der Waals surface area contributed by atoms with E-state index in [1.165, 1.54) is 0 Å². The van der Waals surface area contributed by atoms with Crippen LogP contribution in [0.3, 0.4) is 0 Å². The molecular formula is C12H21F3N2O2. The van der Waals surface area contributed by atoms with E-state index in [0.29, 0.717) is 19.3 Å². The monoisotopic (exact) mass is 282 g/mol. The first-order valence-electron chi connectivity index (χ1n) is 6.40. The number of amides is 1. The molecule has 0 heterocycles. The molecule has 1 rings (SSSR count). The van der Waals surface area contributed by atoms with Crippen LogP contribution in [0.5, 0.6) is 0 Å². The summed E-state index contributed by atoms with van der Waals surface area (Å²) < 4.78 is 41.2. The highest BCUT2D eigenvalue weighted by Crippen LogP contribution is 2.33. The molecule has 112 valence electrons. The Morgan fingerprint density at radius 1 is 1.53 bits per heavy atom. The number of alkyl halides is 3. The van der Waals surface area contributed by atoms with E-state index in [4.69, 9.17) is 10.5 Å². The lowest BCUT2D eigenvalue weighted by Gasteiger charge is -2.29. The number of nitrogens with two attached hydrogens (primary N) is 1. The zero-order valence-electron chi connectivity index (χ0n) is 11.2. The maximum absolute atomic E-state index is 12.0. The molecule has 0 bridgehead atoms. The van der Waals surface area contributed by atoms with Gasteiger partial charge in [-0.05, 0) is 26.7 Å². The van der Waals surface area contributed by atoms with Crippen LogP contribution in [0.15, 0.2) is 0 Å². The molecule has 1 aliphatic carbocycles. The fourth-order valence-electron chi connectivity index (χ4n) is 2.46. The van der Waals surface area contributed by atoms with Gasteiger partial charge >= 0.3 is 6.18 Å². The van der Waals surface area contributed by atoms with Gasteiger partial charge in [-0.1, -0.05) is 0 Å². The van der Waals surface area contributed by atoms with Crippen molar-refractivity contribution in [3.63, 3.8) is 0 Å². The van der Waals surface area contributed by atoms with E-state index in [1.807, 2.05) is 13.8 Å². The van der Waals surface area contributed by atoms with Gasteiger partial charge in [0.1, 0.15) is 5.54 Å². The zero-order valence-corrected chi connectivity index (χ0v) is 11.2. The maximum Gasteiger partial charge on any atom is 0.391 e. The predicted molar refractivity (Wildman–Crippen MR) is 64.5 cm³/mol. The normalized spacial score (nSPS) is 28.0. The number of nitrogens with one attached hydrogen (secondary N) is 1. The van der Waals surface area contributed by atoms with Gasteiger partial charge in [-0.2, -0.15) is 13.2 Å². The van der Waals surface area contributed by atoms with Crippen molar-refractivity contribution < 1.29 is 22.7 Å². The number of hydrogen-bond acceptors (Lipinski definition) is 3. The second kappa shape index (κ2) is 6.09. The van der Waals surface area contributed by atoms with Crippen molar-refractivity contribution in [1.82, 2.24) is 5.32 Å². The average Bonchev–Trinajstić information content (AvgIpc) is 2.60. The summed E-state index contributed by atoms with van der Waals surface area (Å²) in [7, 11) is 0. The maximum atomic E-state index is 12.0. The first-order valence-corrected chi connectivity index (χ1v) is 6.40. The van der Waals surface area contributed by atoms with Crippen LogP contribution in [-0.2, 0) is 9.53 Å². The molecule has 1 amide bonds. The van der Waals surface area contributed by atoms with Gasteiger partial charge in [-0.3, -0.25) is 4.79 Å². The van der Waals surface area contributed by atoms with Gasteiger partial charge in [0.15, 0.2) is 0 Å². The molecule has 3 N–H and O–H groups in total. The largest absolute Gasteiger partial charge is 0.391 e. The second-order valence-electron chi connectivity index (χ2n) is 5.35. The number of rotatable bonds is 6. The molecule has 0 spiro atoms. The summed E-state index contributed by atoms with van der Waals surface area (Å²) in [4.78, 5) is 11.6. The van der Waals surface area contributed by atoms with Crippen molar-refractivity contribution in [2.75, 3.05) is 6.61 Å². The lowest BCUT2D eigenvalue weighted by Crippen LogP contribution is -2.56. The van der Waals surface area contributed by atoms with Gasteiger partial charge in [0, 0.05) is 12.5 Å². The Hall–Kier alpha value is -0.820. The predicted octanol–water partition coefficient (Wildman–Crippen LogP) is 1.73. The fourth-order valence-corrected chi connectivity index (χ4v) is 2.46. The molecule has 7 heteroatoms. The van der Waals surface area contributed by atoms with Crippen LogP contribution >= 0.6 is 0 Å². The summed E-state index contributed by atoms with van der Waals surface area (Å²) in [6.45, 7) is 3.41. The van der Waals surface area contributed by atoms with Crippen LogP contribution in [0.4, 0.5) is 13.2 Å². The molecule has 0 aliphatic heterocycles. The lowest BCUT2D eigenvalue weighted by atomic mass is 9.95. The lowest BCUT2D eigenvalue weighted by molar-refractivity contribution is -0.149. The van der Waals surface area contributed by atoms with E-state index in [9.17, 15) is 18.0 Å². The summed E-state index contributed by atoms with van der Waals surface area (Å²) in [5.41, 5.74) is 4.55. The molecular weight excluding hydrogens is 261 g/mol. The minimum atomic E-state index is -4.21. The Bertz CT molecular complexity index is 321. The molecule has 0 aromatic heterocycles. The molecule has 0 aromatic rings. The number of halogens is 3.